The van der Waals surface area contributed by atoms with E-state index >= 15 is 0 Å². The Morgan fingerprint density at radius 3 is 2.76 bits per heavy atom. The third kappa shape index (κ3) is 6.73. The second-order valence-corrected chi connectivity index (χ2v) is 5.32. The number of benzene rings is 2. The summed E-state index contributed by atoms with van der Waals surface area (Å²) in [6.07, 6.45) is 1.60. The van der Waals surface area contributed by atoms with E-state index in [9.17, 15) is 4.79 Å². The van der Waals surface area contributed by atoms with Gasteiger partial charge in [0.25, 0.3) is 0 Å². The Hall–Kier alpha value is -2.73. The van der Waals surface area contributed by atoms with Crippen LogP contribution in [0.2, 0.25) is 5.02 Å². The SMILES string of the molecule is COC(=O)N/N=C/c1cccc(OCCCOc2ccccc2Cl)c1. The van der Waals surface area contributed by atoms with Crippen molar-refractivity contribution in [3.8, 4) is 11.5 Å². The highest BCUT2D eigenvalue weighted by Crippen LogP contribution is 2.23. The molecule has 0 unspecified atom stereocenters. The number of nitrogens with zero attached hydrogens (tertiary/aromatic N) is 1. The van der Waals surface area contributed by atoms with Crippen molar-refractivity contribution in [2.45, 2.75) is 6.42 Å². The summed E-state index contributed by atoms with van der Waals surface area (Å²) in [7, 11) is 1.27. The topological polar surface area (TPSA) is 69.2 Å². The van der Waals surface area contributed by atoms with Crippen LogP contribution in [-0.2, 0) is 4.74 Å². The summed E-state index contributed by atoms with van der Waals surface area (Å²) in [5, 5.41) is 4.36. The van der Waals surface area contributed by atoms with Crippen LogP contribution in [-0.4, -0.2) is 32.6 Å². The number of carbonyl (C=O) groups excluding carboxylic acids is 1. The molecule has 0 saturated heterocycles. The Kier molecular flexibility index (Phi) is 7.59. The molecule has 7 heteroatoms. The van der Waals surface area contributed by atoms with Crippen molar-refractivity contribution >= 4 is 23.9 Å². The Bertz CT molecular complexity index is 722. The molecule has 2 rings (SSSR count). The summed E-state index contributed by atoms with van der Waals surface area (Å²) in [5.41, 5.74) is 3.01. The van der Waals surface area contributed by atoms with Gasteiger partial charge in [-0.3, -0.25) is 0 Å². The van der Waals surface area contributed by atoms with Crippen LogP contribution in [0.1, 0.15) is 12.0 Å². The molecule has 1 N–H and O–H groups in total. The minimum Gasteiger partial charge on any atom is -0.493 e. The largest absolute Gasteiger partial charge is 0.493 e. The first kappa shape index (κ1) is 18.6. The molecule has 0 heterocycles. The molecule has 0 aliphatic heterocycles. The zero-order valence-corrected chi connectivity index (χ0v) is 14.5. The number of hydrazone groups is 1. The van der Waals surface area contributed by atoms with Crippen LogP contribution in [0.5, 0.6) is 11.5 Å². The van der Waals surface area contributed by atoms with Crippen LogP contribution < -0.4 is 14.9 Å². The minimum atomic E-state index is -0.623. The van der Waals surface area contributed by atoms with E-state index < -0.39 is 6.09 Å². The smallest absolute Gasteiger partial charge is 0.427 e. The van der Waals surface area contributed by atoms with Gasteiger partial charge in [0.05, 0.1) is 31.6 Å². The monoisotopic (exact) mass is 362 g/mol. The first-order chi connectivity index (χ1) is 12.2. The van der Waals surface area contributed by atoms with Crippen molar-refractivity contribution in [2.24, 2.45) is 5.10 Å². The molecule has 0 fully saturated rings. The van der Waals surface area contributed by atoms with Crippen LogP contribution in [0.4, 0.5) is 4.79 Å². The van der Waals surface area contributed by atoms with Gasteiger partial charge in [0, 0.05) is 6.42 Å². The quantitative estimate of drug-likeness (QED) is 0.439. The molecule has 0 atom stereocenters. The second kappa shape index (κ2) is 10.2. The van der Waals surface area contributed by atoms with E-state index in [4.69, 9.17) is 21.1 Å². The van der Waals surface area contributed by atoms with Gasteiger partial charge in [-0.2, -0.15) is 5.10 Å². The average Bonchev–Trinajstić information content (AvgIpc) is 2.63. The lowest BCUT2D eigenvalue weighted by Crippen LogP contribution is -2.16. The van der Waals surface area contributed by atoms with Crippen LogP contribution in [0.3, 0.4) is 0 Å². The molecule has 1 amide bonds. The summed E-state index contributed by atoms with van der Waals surface area (Å²) in [4.78, 5) is 10.9. The van der Waals surface area contributed by atoms with E-state index in [1.807, 2.05) is 42.5 Å². The molecule has 0 radical (unpaired) electrons. The van der Waals surface area contributed by atoms with Gasteiger partial charge in [0.2, 0.25) is 0 Å². The third-order valence-electron chi connectivity index (χ3n) is 3.06. The molecule has 0 saturated carbocycles. The minimum absolute atomic E-state index is 0.505. The maximum atomic E-state index is 10.9. The number of hydrogen-bond acceptors (Lipinski definition) is 5. The molecule has 0 aliphatic carbocycles. The van der Waals surface area contributed by atoms with Crippen LogP contribution >= 0.6 is 11.6 Å². The summed E-state index contributed by atoms with van der Waals surface area (Å²) < 4.78 is 15.7. The van der Waals surface area contributed by atoms with Gasteiger partial charge in [0.15, 0.2) is 0 Å². The lowest BCUT2D eigenvalue weighted by molar-refractivity contribution is 0.171. The van der Waals surface area contributed by atoms with Crippen molar-refractivity contribution in [2.75, 3.05) is 20.3 Å². The Morgan fingerprint density at radius 2 is 1.96 bits per heavy atom. The summed E-state index contributed by atoms with van der Waals surface area (Å²) in [6, 6.07) is 14.7. The number of halogens is 1. The van der Waals surface area contributed by atoms with Gasteiger partial charge in [-0.25, -0.2) is 10.2 Å². The lowest BCUT2D eigenvalue weighted by atomic mass is 10.2. The van der Waals surface area contributed by atoms with E-state index in [1.165, 1.54) is 13.3 Å². The third-order valence-corrected chi connectivity index (χ3v) is 3.38. The van der Waals surface area contributed by atoms with Gasteiger partial charge in [-0.1, -0.05) is 35.9 Å². The zero-order valence-electron chi connectivity index (χ0n) is 13.8. The van der Waals surface area contributed by atoms with E-state index in [0.717, 1.165) is 5.56 Å². The molecule has 2 aromatic rings. The molecule has 0 aromatic heterocycles. The van der Waals surface area contributed by atoms with Crippen molar-refractivity contribution in [3.63, 3.8) is 0 Å². The van der Waals surface area contributed by atoms with E-state index in [0.29, 0.717) is 36.2 Å². The van der Waals surface area contributed by atoms with Crippen molar-refractivity contribution in [1.82, 2.24) is 5.43 Å². The zero-order chi connectivity index (χ0) is 17.9. The predicted octanol–water partition coefficient (Wildman–Crippen LogP) is 3.88. The highest BCUT2D eigenvalue weighted by Gasteiger charge is 2.00. The first-order valence-corrected chi connectivity index (χ1v) is 8.04. The van der Waals surface area contributed by atoms with Crippen LogP contribution in [0.25, 0.3) is 0 Å². The average molecular weight is 363 g/mol. The second-order valence-electron chi connectivity index (χ2n) is 4.91. The number of amides is 1. The Labute approximate surface area is 151 Å². The number of methoxy groups -OCH3 is 1. The maximum Gasteiger partial charge on any atom is 0.427 e. The fraction of sp³-hybridized carbons (Fsp3) is 0.222. The van der Waals surface area contributed by atoms with Crippen molar-refractivity contribution in [1.29, 1.82) is 0 Å². The molecular weight excluding hydrogens is 344 g/mol. The molecular formula is C18H19ClN2O4. The molecule has 2 aromatic carbocycles. The van der Waals surface area contributed by atoms with E-state index in [-0.39, 0.29) is 0 Å². The number of nitrogens with one attached hydrogen (secondary N) is 1. The van der Waals surface area contributed by atoms with E-state index in [1.54, 1.807) is 6.07 Å². The Morgan fingerprint density at radius 1 is 1.16 bits per heavy atom. The maximum absolute atomic E-state index is 10.9. The number of rotatable bonds is 8. The standard InChI is InChI=1S/C18H19ClN2O4/c1-23-18(22)21-20-13-14-6-4-7-15(12-14)24-10-5-11-25-17-9-3-2-8-16(17)19/h2-4,6-9,12-13H,5,10-11H2,1H3,(H,21,22)/b20-13+. The van der Waals surface area contributed by atoms with E-state index in [2.05, 4.69) is 15.3 Å². The van der Waals surface area contributed by atoms with Gasteiger partial charge < -0.3 is 14.2 Å². The molecule has 6 nitrogen and oxygen atoms in total. The lowest BCUT2D eigenvalue weighted by Gasteiger charge is -2.09. The fourth-order valence-electron chi connectivity index (χ4n) is 1.88. The first-order valence-electron chi connectivity index (χ1n) is 7.66. The van der Waals surface area contributed by atoms with Crippen molar-refractivity contribution < 1.29 is 19.0 Å². The molecule has 132 valence electrons. The van der Waals surface area contributed by atoms with Crippen LogP contribution in [0.15, 0.2) is 53.6 Å². The van der Waals surface area contributed by atoms with Crippen molar-refractivity contribution in [3.05, 3.63) is 59.1 Å². The van der Waals surface area contributed by atoms with Crippen LogP contribution in [0, 0.1) is 0 Å². The molecule has 25 heavy (non-hydrogen) atoms. The van der Waals surface area contributed by atoms with Gasteiger partial charge in [0.1, 0.15) is 11.5 Å². The van der Waals surface area contributed by atoms with Gasteiger partial charge in [-0.05, 0) is 29.8 Å². The number of para-hydroxylation sites is 1. The normalized spacial score (nSPS) is 10.5. The predicted molar refractivity (Wildman–Crippen MR) is 96.6 cm³/mol. The van der Waals surface area contributed by atoms with Gasteiger partial charge in [-0.15, -0.1) is 0 Å². The highest BCUT2D eigenvalue weighted by atomic mass is 35.5. The molecule has 0 spiro atoms. The highest BCUT2D eigenvalue weighted by molar-refractivity contribution is 6.32. The molecule has 0 bridgehead atoms. The number of ether oxygens (including phenoxy) is 3. The Balaban J connectivity index is 1.73. The summed E-state index contributed by atoms with van der Waals surface area (Å²) in [6.45, 7) is 1.01. The summed E-state index contributed by atoms with van der Waals surface area (Å²) >= 11 is 6.02. The van der Waals surface area contributed by atoms with Gasteiger partial charge >= 0.3 is 6.09 Å². The summed E-state index contributed by atoms with van der Waals surface area (Å²) in [5.74, 6) is 1.38. The number of carbonyl (C=O) groups is 1. The molecule has 0 aliphatic rings. The fourth-order valence-corrected chi connectivity index (χ4v) is 2.07. The number of hydrogen-bond donors (Lipinski definition) is 1.